The molecule has 5 heteroatoms. The molecule has 0 aliphatic rings. The molecule has 0 heterocycles. The second-order valence-corrected chi connectivity index (χ2v) is 5.12. The Hall–Kier alpha value is -1.03. The lowest BCUT2D eigenvalue weighted by atomic mass is 10.3. The van der Waals surface area contributed by atoms with Gasteiger partial charge in [-0.2, -0.15) is 0 Å². The molecule has 2 aromatic rings. The van der Waals surface area contributed by atoms with Gasteiger partial charge in [0, 0.05) is 9.79 Å². The minimum atomic E-state index is 0.0212. The normalized spacial score (nSPS) is 10.5. The van der Waals surface area contributed by atoms with E-state index in [4.69, 9.17) is 23.2 Å². The number of hydrogen-bond acceptors (Lipinski definition) is 3. The van der Waals surface area contributed by atoms with Crippen molar-refractivity contribution >= 4 is 35.0 Å². The smallest absolute Gasteiger partial charge is 0.135 e. The van der Waals surface area contributed by atoms with Crippen LogP contribution >= 0.6 is 35.0 Å². The molecule has 2 aromatic carbocycles. The lowest BCUT2D eigenvalue weighted by Crippen LogP contribution is -1.79. The van der Waals surface area contributed by atoms with Crippen molar-refractivity contribution in [3.63, 3.8) is 0 Å². The Labute approximate surface area is 113 Å². The molecule has 88 valence electrons. The summed E-state index contributed by atoms with van der Waals surface area (Å²) in [7, 11) is 0. The van der Waals surface area contributed by atoms with Gasteiger partial charge in [0.25, 0.3) is 0 Å². The molecule has 0 saturated heterocycles. The summed E-state index contributed by atoms with van der Waals surface area (Å²) in [5.74, 6) is 0.0425. The van der Waals surface area contributed by atoms with E-state index in [1.165, 1.54) is 23.9 Å². The van der Waals surface area contributed by atoms with E-state index in [1.54, 1.807) is 24.3 Å². The lowest BCUT2D eigenvalue weighted by molar-refractivity contribution is 0.474. The summed E-state index contributed by atoms with van der Waals surface area (Å²) in [6, 6.07) is 9.95. The van der Waals surface area contributed by atoms with E-state index in [0.717, 1.165) is 0 Å². The zero-order chi connectivity index (χ0) is 12.4. The zero-order valence-corrected chi connectivity index (χ0v) is 10.9. The van der Waals surface area contributed by atoms with Gasteiger partial charge >= 0.3 is 0 Å². The van der Waals surface area contributed by atoms with Crippen molar-refractivity contribution in [2.24, 2.45) is 0 Å². The Balaban J connectivity index is 2.38. The third kappa shape index (κ3) is 2.63. The van der Waals surface area contributed by atoms with Crippen LogP contribution in [0.25, 0.3) is 0 Å². The molecule has 0 fully saturated rings. The van der Waals surface area contributed by atoms with Crippen LogP contribution in [-0.4, -0.2) is 10.2 Å². The van der Waals surface area contributed by atoms with Crippen molar-refractivity contribution in [1.82, 2.24) is 0 Å². The molecule has 0 aliphatic heterocycles. The monoisotopic (exact) mass is 286 g/mol. The molecule has 0 amide bonds. The first kappa shape index (κ1) is 12.4. The predicted octanol–water partition coefficient (Wildman–Crippen LogP) is 4.56. The molecule has 0 saturated carbocycles. The molecular weight excluding hydrogens is 279 g/mol. The van der Waals surface area contributed by atoms with E-state index in [-0.39, 0.29) is 21.5 Å². The van der Waals surface area contributed by atoms with Crippen LogP contribution in [0.15, 0.2) is 46.2 Å². The SMILES string of the molecule is Oc1cccc(Sc2cccc(O)c2Cl)c1Cl. The molecule has 2 rings (SSSR count). The minimum Gasteiger partial charge on any atom is -0.506 e. The van der Waals surface area contributed by atoms with Gasteiger partial charge < -0.3 is 10.2 Å². The number of halogens is 2. The van der Waals surface area contributed by atoms with Gasteiger partial charge in [0.15, 0.2) is 0 Å². The Kier molecular flexibility index (Phi) is 3.72. The van der Waals surface area contributed by atoms with E-state index in [2.05, 4.69) is 0 Å². The number of rotatable bonds is 2. The predicted molar refractivity (Wildman–Crippen MR) is 70.4 cm³/mol. The second kappa shape index (κ2) is 5.08. The van der Waals surface area contributed by atoms with E-state index >= 15 is 0 Å². The quantitative estimate of drug-likeness (QED) is 0.851. The van der Waals surface area contributed by atoms with Gasteiger partial charge in [0.05, 0.1) is 10.0 Å². The first-order valence-electron chi connectivity index (χ1n) is 4.72. The molecule has 0 bridgehead atoms. The molecular formula is C12H8Cl2O2S. The summed E-state index contributed by atoms with van der Waals surface area (Å²) in [6.45, 7) is 0. The summed E-state index contributed by atoms with van der Waals surface area (Å²) in [4.78, 5) is 1.36. The fourth-order valence-corrected chi connectivity index (χ4v) is 2.68. The lowest BCUT2D eigenvalue weighted by Gasteiger charge is -2.07. The van der Waals surface area contributed by atoms with Gasteiger partial charge in [-0.3, -0.25) is 0 Å². The van der Waals surface area contributed by atoms with Crippen LogP contribution in [0.5, 0.6) is 11.5 Å². The maximum Gasteiger partial charge on any atom is 0.135 e. The number of aromatic hydroxyl groups is 2. The molecule has 0 radical (unpaired) electrons. The first-order valence-corrected chi connectivity index (χ1v) is 6.29. The van der Waals surface area contributed by atoms with E-state index in [1.807, 2.05) is 0 Å². The maximum absolute atomic E-state index is 9.47. The summed E-state index contributed by atoms with van der Waals surface area (Å²) < 4.78 is 0. The van der Waals surface area contributed by atoms with Gasteiger partial charge in [-0.15, -0.1) is 0 Å². The van der Waals surface area contributed by atoms with Gasteiger partial charge in [0.1, 0.15) is 11.5 Å². The fraction of sp³-hybridized carbons (Fsp3) is 0. The van der Waals surface area contributed by atoms with Crippen LogP contribution in [-0.2, 0) is 0 Å². The van der Waals surface area contributed by atoms with Crippen LogP contribution in [0.2, 0.25) is 10.0 Å². The van der Waals surface area contributed by atoms with Crippen LogP contribution in [0.4, 0.5) is 0 Å². The highest BCUT2D eigenvalue weighted by molar-refractivity contribution is 7.99. The highest BCUT2D eigenvalue weighted by Gasteiger charge is 2.10. The van der Waals surface area contributed by atoms with Gasteiger partial charge in [-0.05, 0) is 24.3 Å². The molecule has 0 unspecified atom stereocenters. The molecule has 2 nitrogen and oxygen atoms in total. The Morgan fingerprint density at radius 2 is 1.18 bits per heavy atom. The topological polar surface area (TPSA) is 40.5 Å². The third-order valence-electron chi connectivity index (χ3n) is 2.11. The van der Waals surface area contributed by atoms with Crippen LogP contribution < -0.4 is 0 Å². The second-order valence-electron chi connectivity index (χ2n) is 3.28. The Morgan fingerprint density at radius 3 is 1.59 bits per heavy atom. The van der Waals surface area contributed by atoms with Crippen molar-refractivity contribution in [3.8, 4) is 11.5 Å². The highest BCUT2D eigenvalue weighted by atomic mass is 35.5. The molecule has 17 heavy (non-hydrogen) atoms. The fourth-order valence-electron chi connectivity index (χ4n) is 1.27. The maximum atomic E-state index is 9.47. The zero-order valence-electron chi connectivity index (χ0n) is 8.52. The molecule has 0 spiro atoms. The summed E-state index contributed by atoms with van der Waals surface area (Å²) in [5, 5.41) is 19.5. The Bertz CT molecular complexity index is 509. The van der Waals surface area contributed by atoms with Crippen molar-refractivity contribution in [1.29, 1.82) is 0 Å². The van der Waals surface area contributed by atoms with Gasteiger partial charge in [0.2, 0.25) is 0 Å². The average Bonchev–Trinajstić information content (AvgIpc) is 2.31. The number of hydrogen-bond donors (Lipinski definition) is 2. The Morgan fingerprint density at radius 1 is 0.765 bits per heavy atom. The molecule has 0 aromatic heterocycles. The number of phenolic OH excluding ortho intramolecular Hbond substituents is 2. The van der Waals surface area contributed by atoms with E-state index in [0.29, 0.717) is 9.79 Å². The molecule has 2 N–H and O–H groups in total. The highest BCUT2D eigenvalue weighted by Crippen LogP contribution is 2.42. The first-order chi connectivity index (χ1) is 8.09. The largest absolute Gasteiger partial charge is 0.506 e. The van der Waals surface area contributed by atoms with Crippen molar-refractivity contribution in [2.45, 2.75) is 9.79 Å². The summed E-state index contributed by atoms with van der Waals surface area (Å²) in [6.07, 6.45) is 0. The number of phenols is 2. The molecule has 0 atom stereocenters. The third-order valence-corrected chi connectivity index (χ3v) is 4.24. The summed E-state index contributed by atoms with van der Waals surface area (Å²) in [5.41, 5.74) is 0. The average molecular weight is 287 g/mol. The number of benzene rings is 2. The van der Waals surface area contributed by atoms with Crippen molar-refractivity contribution in [2.75, 3.05) is 0 Å². The molecule has 0 aliphatic carbocycles. The van der Waals surface area contributed by atoms with Crippen LogP contribution in [0, 0.1) is 0 Å². The van der Waals surface area contributed by atoms with Crippen LogP contribution in [0.1, 0.15) is 0 Å². The van der Waals surface area contributed by atoms with E-state index < -0.39 is 0 Å². The van der Waals surface area contributed by atoms with E-state index in [9.17, 15) is 10.2 Å². The van der Waals surface area contributed by atoms with Gasteiger partial charge in [-0.1, -0.05) is 47.1 Å². The van der Waals surface area contributed by atoms with Crippen molar-refractivity contribution < 1.29 is 10.2 Å². The minimum absolute atomic E-state index is 0.0212. The standard InChI is InChI=1S/C12H8Cl2O2S/c13-11-7(15)3-1-5-9(11)17-10-6-2-4-8(16)12(10)14/h1-6,15-16H. The van der Waals surface area contributed by atoms with Crippen molar-refractivity contribution in [3.05, 3.63) is 46.4 Å². The summed E-state index contributed by atoms with van der Waals surface area (Å²) >= 11 is 13.2. The van der Waals surface area contributed by atoms with Crippen LogP contribution in [0.3, 0.4) is 0 Å². The van der Waals surface area contributed by atoms with Gasteiger partial charge in [-0.25, -0.2) is 0 Å².